The van der Waals surface area contributed by atoms with E-state index < -0.39 is 21.0 Å². The number of hydrogen-bond acceptors (Lipinski definition) is 8. The molecule has 0 amide bonds. The molecule has 0 aliphatic rings. The lowest BCUT2D eigenvalue weighted by molar-refractivity contribution is -0.140. The average Bonchev–Trinajstić information content (AvgIpc) is 2.58. The molecule has 0 unspecified atom stereocenters. The number of carbonyl (C=O) groups excluding carboxylic acids is 2. The van der Waals surface area contributed by atoms with E-state index in [4.69, 9.17) is 27.2 Å². The van der Waals surface area contributed by atoms with Crippen molar-refractivity contribution in [1.29, 1.82) is 0 Å². The number of esters is 2. The molecule has 9 heteroatoms. The van der Waals surface area contributed by atoms with Crippen LogP contribution in [0.1, 0.15) is 26.7 Å². The molecule has 0 aliphatic carbocycles. The highest BCUT2D eigenvalue weighted by Crippen LogP contribution is 2.11. The molecular formula is C16H28O8Si. The lowest BCUT2D eigenvalue weighted by Gasteiger charge is -2.24. The largest absolute Gasteiger partial charge is 0.679 e. The third kappa shape index (κ3) is 10.1. The van der Waals surface area contributed by atoms with Crippen LogP contribution in [-0.4, -0.2) is 61.6 Å². The maximum Gasteiger partial charge on any atom is 0.679 e. The Kier molecular flexibility index (Phi) is 12.0. The van der Waals surface area contributed by atoms with Gasteiger partial charge in [0.1, 0.15) is 0 Å². The number of hydrogen-bond donors (Lipinski definition) is 0. The summed E-state index contributed by atoms with van der Waals surface area (Å²) >= 11 is 0. The molecule has 0 aromatic rings. The first-order chi connectivity index (χ1) is 11.8. The second-order valence-corrected chi connectivity index (χ2v) is 7.54. The van der Waals surface area contributed by atoms with Gasteiger partial charge in [-0.3, -0.25) is 0 Å². The third-order valence-corrected chi connectivity index (χ3v) is 4.91. The lowest BCUT2D eigenvalue weighted by atomic mass is 10.4. The van der Waals surface area contributed by atoms with Gasteiger partial charge in [0, 0.05) is 51.4 Å². The zero-order chi connectivity index (χ0) is 19.3. The van der Waals surface area contributed by atoms with E-state index in [1.165, 1.54) is 14.2 Å². The standard InChI is InChI=1S/C16H28O8Si/c1-13(2)15(17)21-9-7-11-23-25(19-5,20-6)24-12-8-10-22-16(18)14(3)4/h1,3,7-12H2,2,4-6H3. The van der Waals surface area contributed by atoms with Gasteiger partial charge in [0.25, 0.3) is 0 Å². The summed E-state index contributed by atoms with van der Waals surface area (Å²) in [6, 6.07) is 0. The molecule has 0 N–H and O–H groups in total. The maximum absolute atomic E-state index is 11.2. The smallest absolute Gasteiger partial charge is 0.462 e. The predicted molar refractivity (Wildman–Crippen MR) is 92.5 cm³/mol. The van der Waals surface area contributed by atoms with Crippen LogP contribution < -0.4 is 0 Å². The minimum absolute atomic E-state index is 0.195. The maximum atomic E-state index is 11.2. The lowest BCUT2D eigenvalue weighted by Crippen LogP contribution is -2.48. The first kappa shape index (κ1) is 23.5. The first-order valence-corrected chi connectivity index (χ1v) is 9.44. The highest BCUT2D eigenvalue weighted by atomic mass is 28.4. The van der Waals surface area contributed by atoms with Crippen molar-refractivity contribution in [3.05, 3.63) is 24.3 Å². The molecule has 0 atom stereocenters. The predicted octanol–water partition coefficient (Wildman–Crippen LogP) is 1.77. The van der Waals surface area contributed by atoms with Crippen molar-refractivity contribution in [2.45, 2.75) is 26.7 Å². The molecule has 0 aliphatic heterocycles. The minimum Gasteiger partial charge on any atom is -0.462 e. The van der Waals surface area contributed by atoms with Crippen LogP contribution in [0.25, 0.3) is 0 Å². The fraction of sp³-hybridized carbons (Fsp3) is 0.625. The fourth-order valence-electron chi connectivity index (χ4n) is 1.45. The summed E-state index contributed by atoms with van der Waals surface area (Å²) in [7, 11) is -0.401. The van der Waals surface area contributed by atoms with Gasteiger partial charge in [-0.15, -0.1) is 0 Å². The minimum atomic E-state index is -3.26. The van der Waals surface area contributed by atoms with E-state index in [1.54, 1.807) is 13.8 Å². The molecule has 0 radical (unpaired) electrons. The van der Waals surface area contributed by atoms with Gasteiger partial charge in [-0.1, -0.05) is 13.2 Å². The Morgan fingerprint density at radius 2 is 1.12 bits per heavy atom. The molecule has 25 heavy (non-hydrogen) atoms. The third-order valence-electron chi connectivity index (χ3n) is 2.80. The molecule has 0 aromatic carbocycles. The van der Waals surface area contributed by atoms with Gasteiger partial charge >= 0.3 is 21.0 Å². The molecule has 0 aromatic heterocycles. The van der Waals surface area contributed by atoms with Crippen molar-refractivity contribution < 1.29 is 36.8 Å². The Labute approximate surface area is 150 Å². The Morgan fingerprint density at radius 3 is 1.40 bits per heavy atom. The molecule has 8 nitrogen and oxygen atoms in total. The van der Waals surface area contributed by atoms with Crippen molar-refractivity contribution in [2.24, 2.45) is 0 Å². The van der Waals surface area contributed by atoms with Gasteiger partial charge in [-0.2, -0.15) is 0 Å². The Hall–Kier alpha value is -1.52. The highest BCUT2D eigenvalue weighted by Gasteiger charge is 2.43. The van der Waals surface area contributed by atoms with Gasteiger partial charge in [0.15, 0.2) is 0 Å². The number of ether oxygens (including phenoxy) is 2. The van der Waals surface area contributed by atoms with E-state index in [1.807, 2.05) is 0 Å². The van der Waals surface area contributed by atoms with Gasteiger partial charge in [0.2, 0.25) is 0 Å². The van der Waals surface area contributed by atoms with Crippen LogP contribution in [0.3, 0.4) is 0 Å². The first-order valence-electron chi connectivity index (χ1n) is 7.81. The zero-order valence-electron chi connectivity index (χ0n) is 15.4. The Balaban J connectivity index is 4.06. The molecule has 0 saturated carbocycles. The monoisotopic (exact) mass is 376 g/mol. The van der Waals surface area contributed by atoms with Gasteiger partial charge in [-0.25, -0.2) is 9.59 Å². The Bertz CT molecular complexity index is 421. The summed E-state index contributed by atoms with van der Waals surface area (Å²) in [6.07, 6.45) is 0.917. The van der Waals surface area contributed by atoms with Gasteiger partial charge in [-0.05, 0) is 13.8 Å². The average molecular weight is 376 g/mol. The van der Waals surface area contributed by atoms with Crippen molar-refractivity contribution in [2.75, 3.05) is 40.6 Å². The Morgan fingerprint density at radius 1 is 0.760 bits per heavy atom. The number of rotatable bonds is 14. The van der Waals surface area contributed by atoms with Crippen LogP contribution in [0.15, 0.2) is 24.3 Å². The highest BCUT2D eigenvalue weighted by molar-refractivity contribution is 6.53. The van der Waals surface area contributed by atoms with Crippen molar-refractivity contribution >= 4 is 21.0 Å². The molecule has 144 valence electrons. The van der Waals surface area contributed by atoms with E-state index in [-0.39, 0.29) is 26.4 Å². The molecule has 0 rings (SSSR count). The van der Waals surface area contributed by atoms with Crippen molar-refractivity contribution in [3.8, 4) is 0 Å². The summed E-state index contributed by atoms with van der Waals surface area (Å²) < 4.78 is 31.6. The molecule has 0 fully saturated rings. The molecule has 0 bridgehead atoms. The second kappa shape index (κ2) is 12.8. The molecule has 0 spiro atoms. The van der Waals surface area contributed by atoms with E-state index in [2.05, 4.69) is 13.2 Å². The van der Waals surface area contributed by atoms with Crippen LogP contribution >= 0.6 is 0 Å². The van der Waals surface area contributed by atoms with E-state index >= 15 is 0 Å². The quantitative estimate of drug-likeness (QED) is 0.196. The topological polar surface area (TPSA) is 89.5 Å². The van der Waals surface area contributed by atoms with Crippen LogP contribution in [0.4, 0.5) is 0 Å². The summed E-state index contributed by atoms with van der Waals surface area (Å²) in [6.45, 7) is 11.0. The van der Waals surface area contributed by atoms with E-state index in [0.717, 1.165) is 0 Å². The van der Waals surface area contributed by atoms with Crippen molar-refractivity contribution in [3.63, 3.8) is 0 Å². The fourth-order valence-corrected chi connectivity index (χ4v) is 2.96. The van der Waals surface area contributed by atoms with Crippen LogP contribution in [0, 0.1) is 0 Å². The van der Waals surface area contributed by atoms with Crippen LogP contribution in [0.5, 0.6) is 0 Å². The van der Waals surface area contributed by atoms with Gasteiger partial charge < -0.3 is 27.2 Å². The van der Waals surface area contributed by atoms with Crippen molar-refractivity contribution in [1.82, 2.24) is 0 Å². The normalized spacial score (nSPS) is 11.0. The molecule has 0 heterocycles. The molecular weight excluding hydrogens is 348 g/mol. The summed E-state index contributed by atoms with van der Waals surface area (Å²) in [4.78, 5) is 22.5. The second-order valence-electron chi connectivity index (χ2n) is 5.14. The summed E-state index contributed by atoms with van der Waals surface area (Å²) in [5.41, 5.74) is 0.684. The zero-order valence-corrected chi connectivity index (χ0v) is 16.4. The summed E-state index contributed by atoms with van der Waals surface area (Å²) in [5, 5.41) is 0. The SMILES string of the molecule is C=C(C)C(=O)OCCCO[Si](OC)(OC)OCCCOC(=O)C(=C)C. The van der Waals surface area contributed by atoms with E-state index in [9.17, 15) is 9.59 Å². The molecule has 0 saturated heterocycles. The van der Waals surface area contributed by atoms with Crippen LogP contribution in [-0.2, 0) is 36.8 Å². The summed E-state index contributed by atoms with van der Waals surface area (Å²) in [5.74, 6) is -0.884. The number of carbonyl (C=O) groups is 2. The van der Waals surface area contributed by atoms with E-state index in [0.29, 0.717) is 24.0 Å². The van der Waals surface area contributed by atoms with Crippen LogP contribution in [0.2, 0.25) is 0 Å². The van der Waals surface area contributed by atoms with Gasteiger partial charge in [0.05, 0.1) is 13.2 Å².